The molecule has 0 saturated heterocycles. The van der Waals surface area contributed by atoms with Gasteiger partial charge in [-0.25, -0.2) is 15.0 Å². The molecule has 0 bridgehead atoms. The molecule has 0 aliphatic rings. The summed E-state index contributed by atoms with van der Waals surface area (Å²) in [6, 6.07) is 0. The summed E-state index contributed by atoms with van der Waals surface area (Å²) in [4.78, 5) is 169. The Bertz CT molecular complexity index is 2450. The van der Waals surface area contributed by atoms with Crippen molar-refractivity contribution in [2.24, 2.45) is 0 Å². The highest BCUT2D eigenvalue weighted by Crippen LogP contribution is 2.72. The predicted octanol–water partition coefficient (Wildman–Crippen LogP) is 0.267. The number of anilines is 1. The van der Waals surface area contributed by atoms with Crippen LogP contribution in [-0.4, -0.2) is 145 Å². The maximum absolute atomic E-state index is 11.1. The molecule has 0 spiro atoms. The summed E-state index contributed by atoms with van der Waals surface area (Å²) in [6.07, 6.45) is -0.992. The number of carbonyl (C=O) groups is 1. The molecule has 0 fully saturated rings. The van der Waals surface area contributed by atoms with Crippen LogP contribution < -0.4 is 5.32 Å². The molecule has 414 valence electrons. The molecule has 0 radical (unpaired) electrons. The lowest BCUT2D eigenvalue weighted by molar-refractivity contribution is -0.114. The number of thiazole rings is 4. The second-order valence-corrected chi connectivity index (χ2v) is 33.7. The molecular weight excluding hydrogens is 1220 g/mol. The van der Waals surface area contributed by atoms with E-state index in [4.69, 9.17) is 78.3 Å². The van der Waals surface area contributed by atoms with Crippen molar-refractivity contribution >= 4 is 117 Å². The van der Waals surface area contributed by atoms with Crippen LogP contribution in [0, 0.1) is 0 Å². The normalized spacial score (nSPS) is 13.7. The average molecular weight is 1270 g/mol. The summed E-state index contributed by atoms with van der Waals surface area (Å²) in [5.74, 6) is -0.363. The minimum Gasteiger partial charge on any atom is -0.368 e. The van der Waals surface area contributed by atoms with Crippen LogP contribution in [0.2, 0.25) is 0 Å². The smallest absolute Gasteiger partial charge is 0.368 e. The van der Waals surface area contributed by atoms with E-state index in [0.717, 1.165) is 34.0 Å². The van der Waals surface area contributed by atoms with Gasteiger partial charge in [-0.05, 0) is 19.3 Å². The van der Waals surface area contributed by atoms with Crippen LogP contribution in [0.4, 0.5) is 5.13 Å². The van der Waals surface area contributed by atoms with E-state index < -0.39 is 107 Å². The number of hydrogen-bond acceptors (Lipinski definition) is 21. The van der Waals surface area contributed by atoms with E-state index in [1.807, 2.05) is 0 Å². The van der Waals surface area contributed by atoms with Gasteiger partial charge < -0.3 is 104 Å². The Labute approximate surface area is 419 Å². The van der Waals surface area contributed by atoms with Gasteiger partial charge in [-0.15, -0.1) is 45.3 Å². The molecule has 0 atom stereocenters. The molecule has 34 nitrogen and oxygen atoms in total. The highest BCUT2D eigenvalue weighted by molar-refractivity contribution is 7.73. The molecule has 72 heavy (non-hydrogen) atoms. The zero-order valence-corrected chi connectivity index (χ0v) is 46.2. The molecule has 46 heteroatoms. The van der Waals surface area contributed by atoms with Gasteiger partial charge >= 0.3 is 60.8 Å². The lowest BCUT2D eigenvalue weighted by Crippen LogP contribution is -2.29. The van der Waals surface area contributed by atoms with Gasteiger partial charge in [0, 0.05) is 72.4 Å². The zero-order valence-electron chi connectivity index (χ0n) is 35.8. The van der Waals surface area contributed by atoms with Crippen molar-refractivity contribution in [1.29, 1.82) is 0 Å². The van der Waals surface area contributed by atoms with Crippen LogP contribution in [0.1, 0.15) is 53.9 Å². The summed E-state index contributed by atoms with van der Waals surface area (Å²) in [5, 5.41) is 32.4. The Morgan fingerprint density at radius 2 is 0.903 bits per heavy atom. The molecule has 0 aliphatic carbocycles. The van der Waals surface area contributed by atoms with Gasteiger partial charge in [0.1, 0.15) is 0 Å². The van der Waals surface area contributed by atoms with Crippen LogP contribution in [0.5, 0.6) is 0 Å². The first-order chi connectivity index (χ1) is 32.1. The monoisotopic (exact) mass is 1270 g/mol. The highest BCUT2D eigenvalue weighted by atomic mass is 32.1. The molecule has 1 amide bonds. The Hall–Kier alpha value is -0.970. The number of aromatic nitrogens is 4. The molecule has 4 aromatic heterocycles. The fraction of sp³-hybridized carbons (Fsp3) is 0.500. The number of carbonyl (C=O) groups excluding carboxylic acids is 1. The van der Waals surface area contributed by atoms with E-state index in [-0.39, 0.29) is 42.4 Å². The summed E-state index contributed by atoms with van der Waals surface area (Å²) < 4.78 is 88.3. The van der Waals surface area contributed by atoms with Gasteiger partial charge in [-0.3, -0.25) is 46.3 Å². The fourth-order valence-electron chi connectivity index (χ4n) is 4.73. The molecule has 0 aromatic carbocycles. The van der Waals surface area contributed by atoms with Gasteiger partial charge in [-0.2, -0.15) is 0 Å². The summed E-state index contributed by atoms with van der Waals surface area (Å²) in [6.45, 7) is 1.27. The summed E-state index contributed by atoms with van der Waals surface area (Å²) in [7, 11) is -43.1. The van der Waals surface area contributed by atoms with Crippen molar-refractivity contribution in [3.05, 3.63) is 60.8 Å². The molecule has 4 aromatic rings. The van der Waals surface area contributed by atoms with Crippen LogP contribution in [0.25, 0.3) is 0 Å². The number of nitrogens with zero attached hydrogens (tertiary/aromatic N) is 4. The molecule has 4 heterocycles. The number of aliphatic hydroxyl groups is 4. The minimum absolute atomic E-state index is 0.0859. The topological polar surface area (TPSA) is 622 Å². The fourth-order valence-corrected chi connectivity index (χ4v) is 16.0. The van der Waals surface area contributed by atoms with Crippen molar-refractivity contribution < 1.29 is 140 Å². The van der Waals surface area contributed by atoms with Gasteiger partial charge in [0.05, 0.1) is 27.4 Å². The van der Waals surface area contributed by atoms with Crippen molar-refractivity contribution in [3.8, 4) is 0 Å². The lowest BCUT2D eigenvalue weighted by Gasteiger charge is -2.28. The van der Waals surface area contributed by atoms with Crippen LogP contribution >= 0.6 is 106 Å². The van der Waals surface area contributed by atoms with Crippen molar-refractivity contribution in [1.82, 2.24) is 19.9 Å². The van der Waals surface area contributed by atoms with E-state index in [2.05, 4.69) is 25.3 Å². The Kier molecular flexibility index (Phi) is 25.0. The number of rotatable bonds is 21. The molecule has 0 aliphatic heterocycles. The van der Waals surface area contributed by atoms with Crippen molar-refractivity contribution in [2.75, 3.05) is 5.32 Å². The van der Waals surface area contributed by atoms with E-state index in [9.17, 15) is 61.7 Å². The maximum atomic E-state index is 11.1. The first kappa shape index (κ1) is 69.0. The highest BCUT2D eigenvalue weighted by Gasteiger charge is 2.61. The van der Waals surface area contributed by atoms with Crippen LogP contribution in [-0.2, 0) is 67.0 Å². The quantitative estimate of drug-likeness (QED) is 0.0498. The standard InChI is InChI=1S/C8H14N2O8P2S.3C6H11NO7P2S/c1-5(11)9-7-10-6(4-21-7)2-3-8(12,19(13,14)15)20(16,17)18;8-6(15(9,10)11,16(12,13)14)2-1-5-3-17-4-7-5;8-6(15(9,10)11,16(12,13)14)2-1-5-3-7-4-17-5;8-6(15(9,10)11,16(12,13)14)2-1-5-7-3-4-17-5/h4,12H,2-3H2,1H3,(H,9,10,11)(H2,13,14,15)(H2,16,17,18);3*3-4,8H,1-2H2,(H2,9,10,11)(H2,12,13,14). The number of hydrogen-bond donors (Lipinski definition) is 21. The third-order valence-electron chi connectivity index (χ3n) is 8.83. The SMILES string of the molecule is CC(=O)Nc1nc(CCC(O)(P(=O)(O)O)P(=O)(O)O)cs1.O=P(O)(O)C(O)(CCc1cncs1)P(=O)(O)O.O=P(O)(O)C(O)(CCc1cscn1)P(=O)(O)O.O=P(O)(O)C(O)(CCc1nccs1)P(=O)(O)O. The Balaban J connectivity index is 0.000000482. The third kappa shape index (κ3) is 19.2. The zero-order chi connectivity index (χ0) is 56.4. The largest absolute Gasteiger partial charge is 0.369 e. The molecule has 0 unspecified atom stereocenters. The average Bonchev–Trinajstić information content (AvgIpc) is 4.04. The van der Waals surface area contributed by atoms with Crippen LogP contribution in [0.3, 0.4) is 0 Å². The van der Waals surface area contributed by atoms with Gasteiger partial charge in [0.25, 0.3) is 20.3 Å². The molecule has 21 N–H and O–H groups in total. The van der Waals surface area contributed by atoms with E-state index >= 15 is 0 Å². The van der Waals surface area contributed by atoms with Gasteiger partial charge in [0.2, 0.25) is 5.91 Å². The first-order valence-electron chi connectivity index (χ1n) is 18.3. The van der Waals surface area contributed by atoms with Gasteiger partial charge in [0.15, 0.2) is 5.13 Å². The predicted molar refractivity (Wildman–Crippen MR) is 252 cm³/mol. The number of amides is 1. The van der Waals surface area contributed by atoms with Gasteiger partial charge in [-0.1, -0.05) is 0 Å². The Morgan fingerprint density at radius 3 is 1.22 bits per heavy atom. The number of aryl methyl sites for hydroxylation is 4. The van der Waals surface area contributed by atoms with Crippen LogP contribution in [0.15, 0.2) is 39.6 Å². The maximum Gasteiger partial charge on any atom is 0.369 e. The molecule has 0 saturated carbocycles. The minimum atomic E-state index is -5.46. The second kappa shape index (κ2) is 26.1. The van der Waals surface area contributed by atoms with E-state index in [1.54, 1.807) is 10.8 Å². The summed E-state index contributed by atoms with van der Waals surface area (Å²) in [5.41, 5.74) is 3.55. The molecular formula is C26H47N5O29P8S4. The Morgan fingerprint density at radius 1 is 0.514 bits per heavy atom. The van der Waals surface area contributed by atoms with Crippen molar-refractivity contribution in [3.63, 3.8) is 0 Å². The summed E-state index contributed by atoms with van der Waals surface area (Å²) >= 11 is 4.57. The first-order valence-corrected chi connectivity index (χ1v) is 34.8. The second-order valence-electron chi connectivity index (χ2n) is 14.1. The van der Waals surface area contributed by atoms with E-state index in [0.29, 0.717) is 15.6 Å². The third-order valence-corrected chi connectivity index (χ3v) is 27.5. The van der Waals surface area contributed by atoms with Crippen molar-refractivity contribution in [2.45, 2.75) is 78.6 Å². The lowest BCUT2D eigenvalue weighted by atomic mass is 10.2. The van der Waals surface area contributed by atoms with E-state index in [1.165, 1.54) is 47.1 Å². The number of nitrogens with one attached hydrogen (secondary N) is 1. The molecule has 4 rings (SSSR count).